The van der Waals surface area contributed by atoms with Gasteiger partial charge in [0.15, 0.2) is 0 Å². The van der Waals surface area contributed by atoms with Crippen LogP contribution in [-0.4, -0.2) is 37.8 Å². The lowest BCUT2D eigenvalue weighted by Crippen LogP contribution is -2.35. The third-order valence-electron chi connectivity index (χ3n) is 4.80. The average molecular weight is 447 g/mol. The molecule has 1 heterocycles. The second-order valence-corrected chi connectivity index (χ2v) is 9.60. The number of hydrogen-bond acceptors (Lipinski definition) is 4. The lowest BCUT2D eigenvalue weighted by atomic mass is 10.2. The van der Waals surface area contributed by atoms with Crippen molar-refractivity contribution in [3.63, 3.8) is 0 Å². The number of hydrogen-bond donors (Lipinski definition) is 1. The number of ether oxygens (including phenoxy) is 1. The van der Waals surface area contributed by atoms with Gasteiger partial charge >= 0.3 is 0 Å². The predicted octanol–water partition coefficient (Wildman–Crippen LogP) is 4.44. The minimum absolute atomic E-state index is 0.106. The summed E-state index contributed by atoms with van der Waals surface area (Å²) in [5.74, 6) is -0.503. The van der Waals surface area contributed by atoms with E-state index < -0.39 is 21.7 Å². The Labute approximate surface area is 182 Å². The van der Waals surface area contributed by atoms with Crippen LogP contribution in [0.4, 0.5) is 10.1 Å². The zero-order chi connectivity index (χ0) is 22.4. The summed E-state index contributed by atoms with van der Waals surface area (Å²) in [5, 5.41) is 2.69. The van der Waals surface area contributed by atoms with Gasteiger partial charge in [-0.05, 0) is 68.7 Å². The van der Waals surface area contributed by atoms with Crippen molar-refractivity contribution in [1.29, 1.82) is 0 Å². The van der Waals surface area contributed by atoms with E-state index in [2.05, 4.69) is 5.32 Å². The molecule has 8 heteroatoms. The molecule has 0 saturated carbocycles. The molecule has 0 radical (unpaired) electrons. The largest absolute Gasteiger partial charge is 0.489 e. The molecular formula is C23H27FN2O4S. The molecule has 0 aromatic heterocycles. The average Bonchev–Trinajstić information content (AvgIpc) is 2.74. The van der Waals surface area contributed by atoms with Crippen LogP contribution >= 0.6 is 0 Å². The molecule has 1 N–H and O–H groups in total. The summed E-state index contributed by atoms with van der Waals surface area (Å²) in [6, 6.07) is 10.3. The molecule has 0 spiro atoms. The van der Waals surface area contributed by atoms with E-state index in [4.69, 9.17) is 4.74 Å². The number of rotatable bonds is 7. The molecule has 0 atom stereocenters. The van der Waals surface area contributed by atoms with Gasteiger partial charge in [-0.15, -0.1) is 0 Å². The molecule has 3 rings (SSSR count). The summed E-state index contributed by atoms with van der Waals surface area (Å²) < 4.78 is 46.6. The van der Waals surface area contributed by atoms with Crippen LogP contribution in [0.15, 0.2) is 53.4 Å². The Hall–Kier alpha value is -2.71. The minimum Gasteiger partial charge on any atom is -0.489 e. The van der Waals surface area contributed by atoms with Crippen LogP contribution in [-0.2, 0) is 14.8 Å². The van der Waals surface area contributed by atoms with Gasteiger partial charge in [-0.3, -0.25) is 4.79 Å². The van der Waals surface area contributed by atoms with Gasteiger partial charge in [0.25, 0.3) is 0 Å². The van der Waals surface area contributed by atoms with Crippen LogP contribution in [0, 0.1) is 5.82 Å². The molecule has 1 aliphatic rings. The Kier molecular flexibility index (Phi) is 7.46. The minimum atomic E-state index is -3.66. The molecule has 2 aromatic carbocycles. The van der Waals surface area contributed by atoms with Crippen molar-refractivity contribution < 1.29 is 22.3 Å². The van der Waals surface area contributed by atoms with Crippen molar-refractivity contribution in [2.75, 3.05) is 18.4 Å². The summed E-state index contributed by atoms with van der Waals surface area (Å²) in [5.41, 5.74) is 0.802. The number of nitrogens with one attached hydrogen (secondary N) is 1. The summed E-state index contributed by atoms with van der Waals surface area (Å²) in [6.45, 7) is 4.66. The Morgan fingerprint density at radius 2 is 1.87 bits per heavy atom. The number of carbonyl (C=O) groups is 1. The molecule has 1 aliphatic heterocycles. The van der Waals surface area contributed by atoms with Crippen LogP contribution in [0.2, 0.25) is 0 Å². The van der Waals surface area contributed by atoms with Crippen LogP contribution in [0.1, 0.15) is 38.7 Å². The predicted molar refractivity (Wildman–Crippen MR) is 119 cm³/mol. The number of halogens is 1. The highest BCUT2D eigenvalue weighted by molar-refractivity contribution is 7.89. The third-order valence-corrected chi connectivity index (χ3v) is 6.69. The number of anilines is 1. The van der Waals surface area contributed by atoms with Crippen LogP contribution in [0.3, 0.4) is 0 Å². The van der Waals surface area contributed by atoms with Crippen molar-refractivity contribution in [3.8, 4) is 5.75 Å². The van der Waals surface area contributed by atoms with Crippen LogP contribution in [0.5, 0.6) is 5.75 Å². The molecule has 2 aromatic rings. The number of benzene rings is 2. The molecule has 0 bridgehead atoms. The number of carbonyl (C=O) groups excluding carboxylic acids is 1. The normalized spacial score (nSPS) is 15.4. The summed E-state index contributed by atoms with van der Waals surface area (Å²) in [6.07, 6.45) is 5.27. The van der Waals surface area contributed by atoms with Gasteiger partial charge in [0, 0.05) is 19.2 Å². The molecule has 1 fully saturated rings. The summed E-state index contributed by atoms with van der Waals surface area (Å²) in [4.78, 5) is 12.6. The smallest absolute Gasteiger partial charge is 0.248 e. The zero-order valence-corrected chi connectivity index (χ0v) is 18.5. The highest BCUT2D eigenvalue weighted by Crippen LogP contribution is 2.31. The summed E-state index contributed by atoms with van der Waals surface area (Å²) >= 11 is 0. The lowest BCUT2D eigenvalue weighted by molar-refractivity contribution is -0.111. The molecule has 166 valence electrons. The van der Waals surface area contributed by atoms with E-state index in [-0.39, 0.29) is 16.7 Å². The Bertz CT molecular complexity index is 1060. The fourth-order valence-electron chi connectivity index (χ4n) is 3.33. The lowest BCUT2D eigenvalue weighted by Gasteiger charge is -2.26. The second kappa shape index (κ2) is 10.1. The van der Waals surface area contributed by atoms with Gasteiger partial charge in [-0.1, -0.05) is 18.6 Å². The van der Waals surface area contributed by atoms with E-state index in [1.165, 1.54) is 40.7 Å². The first-order chi connectivity index (χ1) is 14.8. The molecule has 0 unspecified atom stereocenters. The van der Waals surface area contributed by atoms with E-state index in [1.54, 1.807) is 18.2 Å². The van der Waals surface area contributed by atoms with Crippen molar-refractivity contribution >= 4 is 27.7 Å². The number of sulfonamides is 1. The molecule has 1 saturated heterocycles. The van der Waals surface area contributed by atoms with Gasteiger partial charge < -0.3 is 10.1 Å². The molecule has 1 amide bonds. The number of nitrogens with zero attached hydrogens (tertiary/aromatic N) is 1. The Balaban J connectivity index is 1.85. The number of piperidine rings is 1. The van der Waals surface area contributed by atoms with Crippen molar-refractivity contribution in [2.45, 2.75) is 44.1 Å². The van der Waals surface area contributed by atoms with Crippen molar-refractivity contribution in [2.24, 2.45) is 0 Å². The van der Waals surface area contributed by atoms with E-state index >= 15 is 0 Å². The topological polar surface area (TPSA) is 75.7 Å². The van der Waals surface area contributed by atoms with Crippen LogP contribution in [0.25, 0.3) is 6.08 Å². The van der Waals surface area contributed by atoms with E-state index in [0.717, 1.165) is 19.3 Å². The quantitative estimate of drug-likeness (QED) is 0.638. The molecular weight excluding hydrogens is 419 g/mol. The maximum absolute atomic E-state index is 13.3. The van der Waals surface area contributed by atoms with Crippen molar-refractivity contribution in [1.82, 2.24) is 4.31 Å². The number of amides is 1. The standard InChI is InChI=1S/C23H27FN2O4S/c1-17(2)30-22-11-10-20(31(28,29)26-13-4-3-5-14-26)16-21(22)25-23(27)12-9-18-7-6-8-19(24)15-18/h6-12,15-17H,3-5,13-14H2,1-2H3,(H,25,27). The molecule has 31 heavy (non-hydrogen) atoms. The summed E-state index contributed by atoms with van der Waals surface area (Å²) in [7, 11) is -3.66. The zero-order valence-electron chi connectivity index (χ0n) is 17.7. The maximum atomic E-state index is 13.3. The Morgan fingerprint density at radius 3 is 2.55 bits per heavy atom. The molecule has 6 nitrogen and oxygen atoms in total. The fourth-order valence-corrected chi connectivity index (χ4v) is 4.88. The van der Waals surface area contributed by atoms with E-state index in [0.29, 0.717) is 24.4 Å². The SMILES string of the molecule is CC(C)Oc1ccc(S(=O)(=O)N2CCCCC2)cc1NC(=O)C=Cc1cccc(F)c1. The first-order valence-electron chi connectivity index (χ1n) is 10.3. The highest BCUT2D eigenvalue weighted by atomic mass is 32.2. The van der Waals surface area contributed by atoms with Gasteiger partial charge in [0.1, 0.15) is 11.6 Å². The fraction of sp³-hybridized carbons (Fsp3) is 0.348. The van der Waals surface area contributed by atoms with E-state index in [1.807, 2.05) is 13.8 Å². The molecule has 0 aliphatic carbocycles. The maximum Gasteiger partial charge on any atom is 0.248 e. The van der Waals surface area contributed by atoms with E-state index in [9.17, 15) is 17.6 Å². The monoisotopic (exact) mass is 446 g/mol. The van der Waals surface area contributed by atoms with Gasteiger partial charge in [-0.25, -0.2) is 12.8 Å². The first kappa shape index (κ1) is 23.0. The third kappa shape index (κ3) is 6.15. The van der Waals surface area contributed by atoms with Gasteiger partial charge in [-0.2, -0.15) is 4.31 Å². The van der Waals surface area contributed by atoms with Crippen molar-refractivity contribution in [3.05, 3.63) is 59.9 Å². The second-order valence-electron chi connectivity index (χ2n) is 7.67. The van der Waals surface area contributed by atoms with Gasteiger partial charge in [0.2, 0.25) is 15.9 Å². The first-order valence-corrected chi connectivity index (χ1v) is 11.8. The van der Waals surface area contributed by atoms with Crippen LogP contribution < -0.4 is 10.1 Å². The van der Waals surface area contributed by atoms with Gasteiger partial charge in [0.05, 0.1) is 16.7 Å². The Morgan fingerprint density at radius 1 is 1.13 bits per heavy atom. The highest BCUT2D eigenvalue weighted by Gasteiger charge is 2.27.